The van der Waals surface area contributed by atoms with Gasteiger partial charge in [-0.2, -0.15) is 0 Å². The lowest BCUT2D eigenvalue weighted by molar-refractivity contribution is -0.123. The van der Waals surface area contributed by atoms with Gasteiger partial charge in [0.25, 0.3) is 0 Å². The number of nitrogens with zero attached hydrogens (tertiary/aromatic N) is 3. The van der Waals surface area contributed by atoms with E-state index in [1.54, 1.807) is 4.90 Å². The number of hydrogen-bond donors (Lipinski definition) is 0. The predicted octanol–water partition coefficient (Wildman–Crippen LogP) is 3.50. The normalized spacial score (nSPS) is 16.2. The molecule has 2 heterocycles. The molecule has 6 nitrogen and oxygen atoms in total. The minimum atomic E-state index is -3.22. The standard InChI is InChI=1S/C21H23N3O3S2/c1-29(26,27)23-13-11-17(12-14-23)20(25)24(15-16-7-3-2-4-8-16)21-22-18-9-5-6-10-19(18)28-21/h2-10,17H,11-15H2,1H3. The summed E-state index contributed by atoms with van der Waals surface area (Å²) in [6.45, 7) is 1.22. The summed E-state index contributed by atoms with van der Waals surface area (Å²) >= 11 is 1.51. The Hall–Kier alpha value is -2.29. The van der Waals surface area contributed by atoms with Gasteiger partial charge >= 0.3 is 0 Å². The number of piperidine rings is 1. The third kappa shape index (κ3) is 4.49. The molecule has 152 valence electrons. The van der Waals surface area contributed by atoms with Gasteiger partial charge in [0, 0.05) is 19.0 Å². The maximum absolute atomic E-state index is 13.5. The molecule has 3 aromatic rings. The van der Waals surface area contributed by atoms with Gasteiger partial charge in [-0.1, -0.05) is 53.8 Å². The van der Waals surface area contributed by atoms with E-state index in [2.05, 4.69) is 0 Å². The summed E-state index contributed by atoms with van der Waals surface area (Å²) in [5.41, 5.74) is 1.92. The summed E-state index contributed by atoms with van der Waals surface area (Å²) in [6, 6.07) is 17.7. The first kappa shape index (κ1) is 20.0. The zero-order valence-electron chi connectivity index (χ0n) is 16.2. The van der Waals surface area contributed by atoms with E-state index in [1.165, 1.54) is 21.9 Å². The van der Waals surface area contributed by atoms with Gasteiger partial charge in [0.2, 0.25) is 15.9 Å². The maximum atomic E-state index is 13.5. The molecular weight excluding hydrogens is 406 g/mol. The number of hydrogen-bond acceptors (Lipinski definition) is 5. The van der Waals surface area contributed by atoms with E-state index in [0.29, 0.717) is 37.6 Å². The number of amides is 1. The Bertz CT molecular complexity index is 1070. The molecule has 0 N–H and O–H groups in total. The number of para-hydroxylation sites is 1. The fourth-order valence-electron chi connectivity index (χ4n) is 3.64. The van der Waals surface area contributed by atoms with Crippen LogP contribution in [0.4, 0.5) is 5.13 Å². The Balaban J connectivity index is 1.60. The van der Waals surface area contributed by atoms with Crippen molar-refractivity contribution in [1.82, 2.24) is 9.29 Å². The van der Waals surface area contributed by atoms with Gasteiger partial charge in [0.05, 0.1) is 23.0 Å². The van der Waals surface area contributed by atoms with Gasteiger partial charge in [-0.3, -0.25) is 9.69 Å². The molecule has 1 aromatic heterocycles. The smallest absolute Gasteiger partial charge is 0.232 e. The highest BCUT2D eigenvalue weighted by Gasteiger charge is 2.33. The van der Waals surface area contributed by atoms with Crippen LogP contribution in [0.3, 0.4) is 0 Å². The number of thiazole rings is 1. The first-order chi connectivity index (χ1) is 13.9. The summed E-state index contributed by atoms with van der Waals surface area (Å²) in [7, 11) is -3.22. The van der Waals surface area contributed by atoms with Crippen LogP contribution < -0.4 is 4.90 Å². The molecule has 0 unspecified atom stereocenters. The van der Waals surface area contributed by atoms with Crippen LogP contribution >= 0.6 is 11.3 Å². The third-order valence-corrected chi connectivity index (χ3v) is 7.60. The van der Waals surface area contributed by atoms with E-state index < -0.39 is 10.0 Å². The summed E-state index contributed by atoms with van der Waals surface area (Å²) in [5, 5.41) is 0.686. The van der Waals surface area contributed by atoms with Crippen LogP contribution in [-0.4, -0.2) is 43.0 Å². The molecule has 1 amide bonds. The Kier molecular flexibility index (Phi) is 5.67. The van der Waals surface area contributed by atoms with Crippen molar-refractivity contribution in [1.29, 1.82) is 0 Å². The predicted molar refractivity (Wildman–Crippen MR) is 116 cm³/mol. The molecular formula is C21H23N3O3S2. The minimum absolute atomic E-state index is 0.0149. The molecule has 0 bridgehead atoms. The summed E-state index contributed by atoms with van der Waals surface area (Å²) in [6.07, 6.45) is 2.28. The van der Waals surface area contributed by atoms with Crippen LogP contribution in [0.1, 0.15) is 18.4 Å². The largest absolute Gasteiger partial charge is 0.283 e. The molecule has 0 spiro atoms. The van der Waals surface area contributed by atoms with Crippen molar-refractivity contribution in [3.63, 3.8) is 0 Å². The molecule has 8 heteroatoms. The maximum Gasteiger partial charge on any atom is 0.232 e. The van der Waals surface area contributed by atoms with Gasteiger partial charge in [-0.05, 0) is 30.5 Å². The van der Waals surface area contributed by atoms with E-state index in [4.69, 9.17) is 4.98 Å². The molecule has 1 saturated heterocycles. The monoisotopic (exact) mass is 429 g/mol. The Morgan fingerprint density at radius 2 is 1.76 bits per heavy atom. The van der Waals surface area contributed by atoms with E-state index >= 15 is 0 Å². The zero-order chi connectivity index (χ0) is 20.4. The lowest BCUT2D eigenvalue weighted by Crippen LogP contribution is -2.44. The second-order valence-electron chi connectivity index (χ2n) is 7.31. The molecule has 1 aliphatic rings. The van der Waals surface area contributed by atoms with Gasteiger partial charge in [-0.25, -0.2) is 17.7 Å². The number of benzene rings is 2. The fraction of sp³-hybridized carbons (Fsp3) is 0.333. The highest BCUT2D eigenvalue weighted by Crippen LogP contribution is 2.32. The number of carbonyl (C=O) groups excluding carboxylic acids is 1. The molecule has 1 aliphatic heterocycles. The highest BCUT2D eigenvalue weighted by atomic mass is 32.2. The number of sulfonamides is 1. The van der Waals surface area contributed by atoms with Gasteiger partial charge < -0.3 is 0 Å². The van der Waals surface area contributed by atoms with E-state index in [0.717, 1.165) is 15.8 Å². The van der Waals surface area contributed by atoms with Gasteiger partial charge in [-0.15, -0.1) is 0 Å². The van der Waals surface area contributed by atoms with Crippen molar-refractivity contribution in [2.75, 3.05) is 24.2 Å². The topological polar surface area (TPSA) is 70.6 Å². The molecule has 0 aliphatic carbocycles. The van der Waals surface area contributed by atoms with E-state index in [1.807, 2.05) is 54.6 Å². The molecule has 1 fully saturated rings. The van der Waals surface area contributed by atoms with Crippen molar-refractivity contribution >= 4 is 42.6 Å². The number of fused-ring (bicyclic) bond motifs is 1. The summed E-state index contributed by atoms with van der Waals surface area (Å²) in [5.74, 6) is -0.190. The van der Waals surface area contributed by atoms with Crippen molar-refractivity contribution in [2.24, 2.45) is 5.92 Å². The first-order valence-corrected chi connectivity index (χ1v) is 12.2. The molecule has 2 aromatic carbocycles. The van der Waals surface area contributed by atoms with E-state index in [-0.39, 0.29) is 11.8 Å². The van der Waals surface area contributed by atoms with Crippen LogP contribution in [0.25, 0.3) is 10.2 Å². The van der Waals surface area contributed by atoms with Crippen molar-refractivity contribution < 1.29 is 13.2 Å². The van der Waals surface area contributed by atoms with Crippen molar-refractivity contribution in [3.05, 3.63) is 60.2 Å². The van der Waals surface area contributed by atoms with Crippen molar-refractivity contribution in [2.45, 2.75) is 19.4 Å². The average molecular weight is 430 g/mol. The Labute approximate surface area is 174 Å². The van der Waals surface area contributed by atoms with Crippen LogP contribution in [0.15, 0.2) is 54.6 Å². The average Bonchev–Trinajstić information content (AvgIpc) is 3.15. The second-order valence-corrected chi connectivity index (χ2v) is 10.3. The quantitative estimate of drug-likeness (QED) is 0.622. The van der Waals surface area contributed by atoms with Crippen LogP contribution in [0.5, 0.6) is 0 Å². The SMILES string of the molecule is CS(=O)(=O)N1CCC(C(=O)N(Cc2ccccc2)c2nc3ccccc3s2)CC1. The molecule has 0 saturated carbocycles. The fourth-order valence-corrected chi connectivity index (χ4v) is 5.48. The first-order valence-electron chi connectivity index (χ1n) is 9.58. The Morgan fingerprint density at radius 3 is 2.41 bits per heavy atom. The Morgan fingerprint density at radius 1 is 1.10 bits per heavy atom. The lowest BCUT2D eigenvalue weighted by atomic mass is 9.96. The van der Waals surface area contributed by atoms with E-state index in [9.17, 15) is 13.2 Å². The number of carbonyl (C=O) groups is 1. The molecule has 0 radical (unpaired) electrons. The number of anilines is 1. The number of rotatable bonds is 5. The lowest BCUT2D eigenvalue weighted by Gasteiger charge is -2.32. The second kappa shape index (κ2) is 8.22. The molecule has 29 heavy (non-hydrogen) atoms. The zero-order valence-corrected chi connectivity index (χ0v) is 17.8. The third-order valence-electron chi connectivity index (χ3n) is 5.24. The highest BCUT2D eigenvalue weighted by molar-refractivity contribution is 7.88. The molecule has 0 atom stereocenters. The minimum Gasteiger partial charge on any atom is -0.283 e. The van der Waals surface area contributed by atoms with Crippen LogP contribution in [0, 0.1) is 5.92 Å². The van der Waals surface area contributed by atoms with Gasteiger partial charge in [0.1, 0.15) is 0 Å². The summed E-state index contributed by atoms with van der Waals surface area (Å²) < 4.78 is 26.1. The molecule has 4 rings (SSSR count). The van der Waals surface area contributed by atoms with Crippen molar-refractivity contribution in [3.8, 4) is 0 Å². The van der Waals surface area contributed by atoms with Crippen LogP contribution in [0.2, 0.25) is 0 Å². The number of aromatic nitrogens is 1. The van der Waals surface area contributed by atoms with Gasteiger partial charge in [0.15, 0.2) is 5.13 Å². The van der Waals surface area contributed by atoms with Crippen LogP contribution in [-0.2, 0) is 21.4 Å². The summed E-state index contributed by atoms with van der Waals surface area (Å²) in [4.78, 5) is 19.9.